The standard InChI is InChI=1S/C13H10ClF2NO3S/c14-11-5-9(15)6-12(16)13(11)17-21(19,20)10-3-1-2-8(4-10)7-18/h1-6,17-18H,7H2. The van der Waals surface area contributed by atoms with Crippen LogP contribution < -0.4 is 4.72 Å². The molecule has 0 saturated carbocycles. The first-order valence-electron chi connectivity index (χ1n) is 5.70. The lowest BCUT2D eigenvalue weighted by Gasteiger charge is -2.11. The van der Waals surface area contributed by atoms with Gasteiger partial charge in [-0.25, -0.2) is 17.2 Å². The molecule has 21 heavy (non-hydrogen) atoms. The van der Waals surface area contributed by atoms with Crippen molar-refractivity contribution in [2.75, 3.05) is 4.72 Å². The number of benzene rings is 2. The molecule has 2 N–H and O–H groups in total. The number of hydrogen-bond acceptors (Lipinski definition) is 3. The summed E-state index contributed by atoms with van der Waals surface area (Å²) in [6.45, 7) is -0.338. The summed E-state index contributed by atoms with van der Waals surface area (Å²) in [6.07, 6.45) is 0. The molecule has 2 aromatic carbocycles. The number of aliphatic hydroxyl groups is 1. The summed E-state index contributed by atoms with van der Waals surface area (Å²) in [6, 6.07) is 6.79. The van der Waals surface area contributed by atoms with Crippen LogP contribution in [0, 0.1) is 11.6 Å². The highest BCUT2D eigenvalue weighted by Gasteiger charge is 2.19. The number of sulfonamides is 1. The SMILES string of the molecule is O=S(=O)(Nc1c(F)cc(F)cc1Cl)c1cccc(CO)c1. The van der Waals surface area contributed by atoms with Crippen LogP contribution in [0.1, 0.15) is 5.56 Å². The molecule has 0 bridgehead atoms. The molecule has 4 nitrogen and oxygen atoms in total. The summed E-state index contributed by atoms with van der Waals surface area (Å²) < 4.78 is 52.8. The van der Waals surface area contributed by atoms with E-state index in [0.29, 0.717) is 11.6 Å². The molecule has 8 heteroatoms. The van der Waals surface area contributed by atoms with Gasteiger partial charge in [-0.1, -0.05) is 23.7 Å². The lowest BCUT2D eigenvalue weighted by Crippen LogP contribution is -2.14. The smallest absolute Gasteiger partial charge is 0.262 e. The zero-order valence-electron chi connectivity index (χ0n) is 10.5. The van der Waals surface area contributed by atoms with Crippen molar-refractivity contribution in [3.63, 3.8) is 0 Å². The Hall–Kier alpha value is -1.70. The van der Waals surface area contributed by atoms with Crippen molar-refractivity contribution in [3.8, 4) is 0 Å². The monoisotopic (exact) mass is 333 g/mol. The van der Waals surface area contributed by atoms with Crippen molar-refractivity contribution in [1.82, 2.24) is 0 Å². The molecular weight excluding hydrogens is 324 g/mol. The van der Waals surface area contributed by atoms with E-state index < -0.39 is 32.4 Å². The highest BCUT2D eigenvalue weighted by Crippen LogP contribution is 2.28. The van der Waals surface area contributed by atoms with E-state index in [0.717, 1.165) is 6.07 Å². The van der Waals surface area contributed by atoms with Gasteiger partial charge in [0.2, 0.25) is 0 Å². The third-order valence-electron chi connectivity index (χ3n) is 2.63. The van der Waals surface area contributed by atoms with Gasteiger partial charge in [-0.2, -0.15) is 0 Å². The number of anilines is 1. The van der Waals surface area contributed by atoms with Crippen LogP contribution in [0.15, 0.2) is 41.3 Å². The quantitative estimate of drug-likeness (QED) is 0.904. The van der Waals surface area contributed by atoms with E-state index in [1.54, 1.807) is 0 Å². The predicted molar refractivity (Wildman–Crippen MR) is 74.5 cm³/mol. The van der Waals surface area contributed by atoms with Crippen LogP contribution in [-0.2, 0) is 16.6 Å². The Labute approximate surface area is 125 Å². The van der Waals surface area contributed by atoms with Crippen LogP contribution in [0.3, 0.4) is 0 Å². The van der Waals surface area contributed by atoms with Gasteiger partial charge in [0.05, 0.1) is 16.5 Å². The van der Waals surface area contributed by atoms with E-state index in [-0.39, 0.29) is 11.5 Å². The summed E-state index contributed by atoms with van der Waals surface area (Å²) >= 11 is 5.64. The number of rotatable bonds is 4. The molecule has 0 atom stereocenters. The highest BCUT2D eigenvalue weighted by molar-refractivity contribution is 7.92. The summed E-state index contributed by atoms with van der Waals surface area (Å²) in [5.41, 5.74) is -0.156. The van der Waals surface area contributed by atoms with E-state index in [1.165, 1.54) is 24.3 Å². The zero-order valence-corrected chi connectivity index (χ0v) is 12.0. The lowest BCUT2D eigenvalue weighted by molar-refractivity contribution is 0.281. The van der Waals surface area contributed by atoms with Crippen LogP contribution in [0.25, 0.3) is 0 Å². The van der Waals surface area contributed by atoms with E-state index in [9.17, 15) is 17.2 Å². The largest absolute Gasteiger partial charge is 0.392 e. The predicted octanol–water partition coefficient (Wildman–Crippen LogP) is 2.91. The van der Waals surface area contributed by atoms with Crippen molar-refractivity contribution in [2.45, 2.75) is 11.5 Å². The van der Waals surface area contributed by atoms with Gasteiger partial charge in [-0.3, -0.25) is 4.72 Å². The van der Waals surface area contributed by atoms with E-state index >= 15 is 0 Å². The average molecular weight is 334 g/mol. The second-order valence-corrected chi connectivity index (χ2v) is 6.25. The summed E-state index contributed by atoms with van der Waals surface area (Å²) in [7, 11) is -4.11. The first-order valence-corrected chi connectivity index (χ1v) is 7.57. The molecule has 0 unspecified atom stereocenters. The van der Waals surface area contributed by atoms with E-state index in [4.69, 9.17) is 16.7 Å². The number of nitrogens with one attached hydrogen (secondary N) is 1. The molecule has 0 spiro atoms. The van der Waals surface area contributed by atoms with Gasteiger partial charge in [0.25, 0.3) is 10.0 Å². The number of aliphatic hydroxyl groups excluding tert-OH is 1. The van der Waals surface area contributed by atoms with E-state index in [1.807, 2.05) is 4.72 Å². The second kappa shape index (κ2) is 5.97. The fraction of sp³-hybridized carbons (Fsp3) is 0.0769. The van der Waals surface area contributed by atoms with Gasteiger partial charge >= 0.3 is 0 Å². The number of halogens is 3. The summed E-state index contributed by atoms with van der Waals surface area (Å²) in [5, 5.41) is 8.60. The van der Waals surface area contributed by atoms with Crippen LogP contribution in [0.5, 0.6) is 0 Å². The minimum absolute atomic E-state index is 0.172. The van der Waals surface area contributed by atoms with Gasteiger partial charge in [-0.15, -0.1) is 0 Å². The Kier molecular flexibility index (Phi) is 4.46. The first kappa shape index (κ1) is 15.7. The minimum Gasteiger partial charge on any atom is -0.392 e. The summed E-state index contributed by atoms with van der Waals surface area (Å²) in [4.78, 5) is -0.172. The molecule has 2 aromatic rings. The highest BCUT2D eigenvalue weighted by atomic mass is 35.5. The number of hydrogen-bond donors (Lipinski definition) is 2. The molecule has 0 aliphatic heterocycles. The molecule has 0 aromatic heterocycles. The average Bonchev–Trinajstić information content (AvgIpc) is 2.43. The van der Waals surface area contributed by atoms with Crippen LogP contribution in [-0.4, -0.2) is 13.5 Å². The van der Waals surface area contributed by atoms with Gasteiger partial charge in [0.15, 0.2) is 5.82 Å². The topological polar surface area (TPSA) is 66.4 Å². The lowest BCUT2D eigenvalue weighted by atomic mass is 10.2. The van der Waals surface area contributed by atoms with Crippen molar-refractivity contribution in [3.05, 3.63) is 58.6 Å². The van der Waals surface area contributed by atoms with Crippen molar-refractivity contribution >= 4 is 27.3 Å². The molecule has 0 fully saturated rings. The van der Waals surface area contributed by atoms with Crippen LogP contribution >= 0.6 is 11.6 Å². The Balaban J connectivity index is 2.42. The third kappa shape index (κ3) is 3.49. The first-order chi connectivity index (χ1) is 9.83. The van der Waals surface area contributed by atoms with Crippen molar-refractivity contribution in [1.29, 1.82) is 0 Å². The maximum atomic E-state index is 13.6. The van der Waals surface area contributed by atoms with Crippen LogP contribution in [0.2, 0.25) is 5.02 Å². The summed E-state index contributed by atoms with van der Waals surface area (Å²) in [5.74, 6) is -2.04. The Bertz CT molecular complexity index is 758. The van der Waals surface area contributed by atoms with Gasteiger partial charge in [-0.05, 0) is 23.8 Å². The van der Waals surface area contributed by atoms with Gasteiger partial charge in [0.1, 0.15) is 11.5 Å². The van der Waals surface area contributed by atoms with Gasteiger partial charge < -0.3 is 5.11 Å². The molecule has 0 aliphatic carbocycles. The third-order valence-corrected chi connectivity index (χ3v) is 4.28. The molecule has 112 valence electrons. The Morgan fingerprint density at radius 2 is 1.90 bits per heavy atom. The van der Waals surface area contributed by atoms with Gasteiger partial charge in [0, 0.05) is 6.07 Å². The molecule has 0 radical (unpaired) electrons. The minimum atomic E-state index is -4.11. The molecule has 0 aliphatic rings. The second-order valence-electron chi connectivity index (χ2n) is 4.16. The molecule has 0 saturated heterocycles. The molecule has 2 rings (SSSR count). The molecule has 0 heterocycles. The maximum absolute atomic E-state index is 13.6. The van der Waals surface area contributed by atoms with Crippen molar-refractivity contribution in [2.24, 2.45) is 0 Å². The molecule has 0 amide bonds. The fourth-order valence-corrected chi connectivity index (χ4v) is 3.10. The Morgan fingerprint density at radius 1 is 1.19 bits per heavy atom. The zero-order chi connectivity index (χ0) is 15.6. The maximum Gasteiger partial charge on any atom is 0.262 e. The fourth-order valence-electron chi connectivity index (χ4n) is 1.64. The Morgan fingerprint density at radius 3 is 2.52 bits per heavy atom. The normalized spacial score (nSPS) is 11.4. The molecular formula is C13H10ClF2NO3S. The van der Waals surface area contributed by atoms with E-state index in [2.05, 4.69) is 0 Å². The van der Waals surface area contributed by atoms with Crippen molar-refractivity contribution < 1.29 is 22.3 Å². The van der Waals surface area contributed by atoms with Crippen LogP contribution in [0.4, 0.5) is 14.5 Å².